The highest BCUT2D eigenvalue weighted by atomic mass is 32.2. The van der Waals surface area contributed by atoms with Crippen LogP contribution in [0.4, 0.5) is 10.1 Å². The number of carboxylic acid groups (broad SMARTS) is 1. The predicted molar refractivity (Wildman–Crippen MR) is 169 cm³/mol. The lowest BCUT2D eigenvalue weighted by Crippen LogP contribution is -2.55. The molecule has 0 aliphatic carbocycles. The van der Waals surface area contributed by atoms with E-state index in [0.29, 0.717) is 35.1 Å². The first-order valence-electron chi connectivity index (χ1n) is 14.3. The summed E-state index contributed by atoms with van der Waals surface area (Å²) in [6, 6.07) is 16.8. The van der Waals surface area contributed by atoms with Gasteiger partial charge in [0.1, 0.15) is 11.9 Å². The van der Waals surface area contributed by atoms with E-state index in [-0.39, 0.29) is 19.6 Å². The van der Waals surface area contributed by atoms with Crippen molar-refractivity contribution in [3.05, 3.63) is 110 Å². The standard InChI is InChI=1S/C32H32FN5O6S/c1-21(2)29(31(40)41)35-45(43,44)37-17-15-36(16-18-37)26-12-7-22(8-13-26)3-4-23-9-14-28-27(19-23)30(39)38(32(42)34-28)20-24-5-10-25(33)11-6-24/h5-14,19,21,29,35H,15-18,20H2,1-2H3,(H,34,42)(H,40,41)/t29-/m1/s1. The SMILES string of the molecule is CC(C)[C@@H](NS(=O)(=O)N1CCN(c2ccc(C#Cc3ccc4[nH]c(=O)n(Cc5ccc(F)cc5)c(=O)c4c3)cc2)CC1)C(=O)O. The van der Waals surface area contributed by atoms with E-state index < -0.39 is 45.2 Å². The van der Waals surface area contributed by atoms with Crippen molar-refractivity contribution >= 4 is 32.8 Å². The Bertz CT molecular complexity index is 2000. The molecule has 3 aromatic carbocycles. The summed E-state index contributed by atoms with van der Waals surface area (Å²) in [6.45, 7) is 4.58. The van der Waals surface area contributed by atoms with Gasteiger partial charge in [0.2, 0.25) is 0 Å². The van der Waals surface area contributed by atoms with Crippen LogP contribution < -0.4 is 20.9 Å². The molecule has 11 nitrogen and oxygen atoms in total. The highest BCUT2D eigenvalue weighted by Gasteiger charge is 2.33. The first-order valence-corrected chi connectivity index (χ1v) is 15.7. The predicted octanol–water partition coefficient (Wildman–Crippen LogP) is 2.34. The molecule has 1 aliphatic heterocycles. The fraction of sp³-hybridized carbons (Fsp3) is 0.281. The lowest BCUT2D eigenvalue weighted by atomic mass is 10.1. The van der Waals surface area contributed by atoms with Gasteiger partial charge < -0.3 is 15.0 Å². The molecule has 2 heterocycles. The summed E-state index contributed by atoms with van der Waals surface area (Å²) in [5, 5.41) is 9.65. The highest BCUT2D eigenvalue weighted by molar-refractivity contribution is 7.87. The number of carboxylic acids is 1. The topological polar surface area (TPSA) is 145 Å². The lowest BCUT2D eigenvalue weighted by molar-refractivity contribution is -0.140. The van der Waals surface area contributed by atoms with Gasteiger partial charge >= 0.3 is 11.7 Å². The Morgan fingerprint density at radius 1 is 0.956 bits per heavy atom. The monoisotopic (exact) mass is 633 g/mol. The van der Waals surface area contributed by atoms with Crippen LogP contribution in [0, 0.1) is 23.6 Å². The van der Waals surface area contributed by atoms with Gasteiger partial charge in [0.25, 0.3) is 15.8 Å². The molecule has 0 unspecified atom stereocenters. The smallest absolute Gasteiger partial charge is 0.329 e. The number of anilines is 1. The normalized spacial score (nSPS) is 14.7. The van der Waals surface area contributed by atoms with Gasteiger partial charge in [-0.05, 0) is 66.1 Å². The molecule has 1 atom stereocenters. The molecule has 0 amide bonds. The van der Waals surface area contributed by atoms with Crippen LogP contribution in [0.15, 0.2) is 76.3 Å². The van der Waals surface area contributed by atoms with Crippen molar-refractivity contribution in [2.45, 2.75) is 26.4 Å². The quantitative estimate of drug-likeness (QED) is 0.253. The number of aliphatic carboxylic acids is 1. The van der Waals surface area contributed by atoms with Crippen LogP contribution in [0.1, 0.15) is 30.5 Å². The number of nitrogens with zero attached hydrogens (tertiary/aromatic N) is 3. The van der Waals surface area contributed by atoms with Crippen molar-refractivity contribution in [2.75, 3.05) is 31.1 Å². The zero-order valence-electron chi connectivity index (χ0n) is 24.7. The minimum Gasteiger partial charge on any atom is -0.480 e. The molecule has 0 spiro atoms. The second-order valence-electron chi connectivity index (χ2n) is 11.1. The number of hydrogen-bond donors (Lipinski definition) is 3. The van der Waals surface area contributed by atoms with Crippen LogP contribution in [0.3, 0.4) is 0 Å². The first-order chi connectivity index (χ1) is 21.4. The van der Waals surface area contributed by atoms with Gasteiger partial charge in [0.05, 0.1) is 17.4 Å². The van der Waals surface area contributed by atoms with Crippen LogP contribution in [-0.4, -0.2) is 65.6 Å². The number of aromatic nitrogens is 2. The Labute approximate surface area is 259 Å². The van der Waals surface area contributed by atoms with Crippen LogP contribution in [-0.2, 0) is 21.5 Å². The van der Waals surface area contributed by atoms with Gasteiger partial charge in [-0.1, -0.05) is 37.8 Å². The van der Waals surface area contributed by atoms with Crippen molar-refractivity contribution in [2.24, 2.45) is 5.92 Å². The highest BCUT2D eigenvalue weighted by Crippen LogP contribution is 2.19. The van der Waals surface area contributed by atoms with E-state index in [1.807, 2.05) is 29.2 Å². The van der Waals surface area contributed by atoms with Crippen molar-refractivity contribution in [1.82, 2.24) is 18.6 Å². The van der Waals surface area contributed by atoms with Crippen molar-refractivity contribution < 1.29 is 22.7 Å². The van der Waals surface area contributed by atoms with E-state index in [1.165, 1.54) is 28.6 Å². The molecular formula is C32H32FN5O6S. The molecule has 4 aromatic rings. The second kappa shape index (κ2) is 13.1. The number of aromatic amines is 1. The summed E-state index contributed by atoms with van der Waals surface area (Å²) in [5.74, 6) is 4.12. The molecule has 1 fully saturated rings. The molecular weight excluding hydrogens is 601 g/mol. The number of hydrogen-bond acceptors (Lipinski definition) is 6. The van der Waals surface area contributed by atoms with E-state index in [0.717, 1.165) is 15.8 Å². The number of H-pyrrole nitrogens is 1. The first kappa shape index (κ1) is 31.6. The average molecular weight is 634 g/mol. The number of benzene rings is 3. The number of piperazine rings is 1. The fourth-order valence-electron chi connectivity index (χ4n) is 5.04. The summed E-state index contributed by atoms with van der Waals surface area (Å²) in [5.41, 5.74) is 2.17. The Hall–Kier alpha value is -4.77. The zero-order valence-corrected chi connectivity index (χ0v) is 25.5. The molecule has 3 N–H and O–H groups in total. The molecule has 0 saturated carbocycles. The van der Waals surface area contributed by atoms with Gasteiger partial charge in [0.15, 0.2) is 0 Å². The molecule has 1 aromatic heterocycles. The summed E-state index contributed by atoms with van der Waals surface area (Å²) in [7, 11) is -3.95. The third-order valence-electron chi connectivity index (χ3n) is 7.61. The van der Waals surface area contributed by atoms with Crippen molar-refractivity contribution in [1.29, 1.82) is 0 Å². The maximum atomic E-state index is 13.3. The van der Waals surface area contributed by atoms with Crippen LogP contribution in [0.5, 0.6) is 0 Å². The van der Waals surface area contributed by atoms with Gasteiger partial charge in [-0.3, -0.25) is 14.2 Å². The second-order valence-corrected chi connectivity index (χ2v) is 12.8. The molecule has 45 heavy (non-hydrogen) atoms. The third kappa shape index (κ3) is 7.31. The number of rotatable bonds is 8. The maximum absolute atomic E-state index is 13.3. The molecule has 0 radical (unpaired) electrons. The molecule has 5 rings (SSSR count). The van der Waals surface area contributed by atoms with Crippen LogP contribution in [0.2, 0.25) is 0 Å². The Morgan fingerprint density at radius 2 is 1.58 bits per heavy atom. The zero-order chi connectivity index (χ0) is 32.3. The average Bonchev–Trinajstić information content (AvgIpc) is 3.02. The van der Waals surface area contributed by atoms with E-state index in [4.69, 9.17) is 0 Å². The van der Waals surface area contributed by atoms with E-state index >= 15 is 0 Å². The summed E-state index contributed by atoms with van der Waals surface area (Å²) in [4.78, 5) is 41.9. The maximum Gasteiger partial charge on any atom is 0.329 e. The Morgan fingerprint density at radius 3 is 2.20 bits per heavy atom. The molecule has 234 valence electrons. The summed E-state index contributed by atoms with van der Waals surface area (Å²) >= 11 is 0. The van der Waals surface area contributed by atoms with Gasteiger partial charge in [-0.2, -0.15) is 17.4 Å². The van der Waals surface area contributed by atoms with E-state index in [2.05, 4.69) is 21.5 Å². The molecule has 0 bridgehead atoms. The molecule has 1 aliphatic rings. The molecule has 1 saturated heterocycles. The van der Waals surface area contributed by atoms with Gasteiger partial charge in [0, 0.05) is 43.0 Å². The van der Waals surface area contributed by atoms with Gasteiger partial charge in [-0.15, -0.1) is 0 Å². The minimum absolute atomic E-state index is 0.00227. The van der Waals surface area contributed by atoms with Crippen LogP contribution in [0.25, 0.3) is 10.9 Å². The summed E-state index contributed by atoms with van der Waals surface area (Å²) < 4.78 is 43.4. The van der Waals surface area contributed by atoms with Gasteiger partial charge in [-0.25, -0.2) is 9.18 Å². The largest absolute Gasteiger partial charge is 0.480 e. The van der Waals surface area contributed by atoms with Crippen molar-refractivity contribution in [3.8, 4) is 11.8 Å². The number of fused-ring (bicyclic) bond motifs is 1. The summed E-state index contributed by atoms with van der Waals surface area (Å²) in [6.07, 6.45) is 0. The lowest BCUT2D eigenvalue weighted by Gasteiger charge is -2.36. The van der Waals surface area contributed by atoms with E-state index in [1.54, 1.807) is 32.0 Å². The third-order valence-corrected chi connectivity index (χ3v) is 9.20. The van der Waals surface area contributed by atoms with Crippen LogP contribution >= 0.6 is 0 Å². The molecule has 13 heteroatoms. The Balaban J connectivity index is 1.26. The van der Waals surface area contributed by atoms with Crippen molar-refractivity contribution in [3.63, 3.8) is 0 Å². The van der Waals surface area contributed by atoms with E-state index in [9.17, 15) is 32.3 Å². The fourth-order valence-corrected chi connectivity index (χ4v) is 6.52. The number of carbonyl (C=O) groups is 1. The number of halogens is 1. The minimum atomic E-state index is -3.95. The Kier molecular flexibility index (Phi) is 9.19. The number of nitrogens with one attached hydrogen (secondary N) is 2.